The van der Waals surface area contributed by atoms with E-state index < -0.39 is 20.4 Å². The summed E-state index contributed by atoms with van der Waals surface area (Å²) in [5.41, 5.74) is 2.40. The van der Waals surface area contributed by atoms with Gasteiger partial charge in [0.25, 0.3) is 0 Å². The molecule has 0 saturated carbocycles. The molecule has 2 unspecified atom stereocenters. The number of likely N-dealkylation sites (tertiary alicyclic amines) is 5. The first-order valence-corrected chi connectivity index (χ1v) is 53.4. The van der Waals surface area contributed by atoms with Crippen LogP contribution in [-0.2, 0) is 24.4 Å². The van der Waals surface area contributed by atoms with Crippen molar-refractivity contribution in [3.8, 4) is 0 Å². The molecule has 0 aromatic heterocycles. The van der Waals surface area contributed by atoms with Crippen molar-refractivity contribution in [1.29, 1.82) is 0 Å². The van der Waals surface area contributed by atoms with E-state index in [1.807, 2.05) is 46.4 Å². The molecule has 21 heteroatoms. The molecule has 3 N–H and O–H groups in total. The van der Waals surface area contributed by atoms with Crippen molar-refractivity contribution in [2.45, 2.75) is 514 Å². The van der Waals surface area contributed by atoms with Gasteiger partial charge in [-0.15, -0.1) is 0 Å². The summed E-state index contributed by atoms with van der Waals surface area (Å²) in [4.78, 5) is 63.5. The lowest BCUT2D eigenvalue weighted by Gasteiger charge is -2.50. The Morgan fingerprint density at radius 1 is 0.374 bits per heavy atom. The first-order valence-electron chi connectivity index (χ1n) is 51.9. The number of piperidine rings is 5. The molecule has 2 atom stereocenters. The van der Waals surface area contributed by atoms with Gasteiger partial charge in [0.1, 0.15) is 5.54 Å². The summed E-state index contributed by atoms with van der Waals surface area (Å²) in [6.07, 6.45) is 15.1. The minimum atomic E-state index is -3.16. The number of rotatable bonds is 5. The Morgan fingerprint density at radius 3 is 1.04 bits per heavy atom. The van der Waals surface area contributed by atoms with Crippen molar-refractivity contribution in [2.24, 2.45) is 38.9 Å². The smallest absolute Gasteiger partial charge is 0.241 e. The van der Waals surface area contributed by atoms with Gasteiger partial charge in [-0.1, -0.05) is 111 Å². The minimum absolute atomic E-state index is 0. The van der Waals surface area contributed by atoms with Gasteiger partial charge in [-0.05, 0) is 367 Å². The molecule has 9 fully saturated rings. The van der Waals surface area contributed by atoms with Crippen LogP contribution in [0, 0.1) is 38.9 Å². The van der Waals surface area contributed by atoms with Crippen LogP contribution < -0.4 is 10.6 Å². The number of hydrogen-bond donors (Lipinski definition) is 3. The van der Waals surface area contributed by atoms with Gasteiger partial charge in [0.2, 0.25) is 27.7 Å². The Balaban J connectivity index is 0.000000749. The van der Waals surface area contributed by atoms with E-state index in [1.165, 1.54) is 84.3 Å². The fourth-order valence-corrected chi connectivity index (χ4v) is 21.8. The number of aliphatic hydroxyl groups is 1. The molecule has 9 aliphatic heterocycles. The van der Waals surface area contributed by atoms with Crippen LogP contribution in [0.25, 0.3) is 0 Å². The van der Waals surface area contributed by atoms with Crippen molar-refractivity contribution in [3.63, 3.8) is 0 Å². The molecule has 0 aliphatic carbocycles. The molecule has 9 rings (SSSR count). The molecule has 780 valence electrons. The molecule has 9 aliphatic rings. The Morgan fingerprint density at radius 2 is 0.710 bits per heavy atom. The maximum absolute atomic E-state index is 12.4. The molecule has 131 heavy (non-hydrogen) atoms. The number of carbonyl (C=O) groups is 3. The Bertz CT molecular complexity index is 3380. The van der Waals surface area contributed by atoms with E-state index in [0.717, 1.165) is 135 Å². The highest BCUT2D eigenvalue weighted by Gasteiger charge is 2.54. The van der Waals surface area contributed by atoms with E-state index >= 15 is 0 Å². The molecule has 9 saturated heterocycles. The van der Waals surface area contributed by atoms with Crippen LogP contribution in [-0.4, -0.2) is 317 Å². The van der Waals surface area contributed by atoms with E-state index in [0.29, 0.717) is 64.8 Å². The van der Waals surface area contributed by atoms with Gasteiger partial charge < -0.3 is 20.6 Å². The van der Waals surface area contributed by atoms with Crippen molar-refractivity contribution in [2.75, 3.05) is 144 Å². The summed E-state index contributed by atoms with van der Waals surface area (Å²) in [5, 5.41) is 16.8. The van der Waals surface area contributed by atoms with Crippen molar-refractivity contribution in [1.82, 2.24) is 68.8 Å². The average Bonchev–Trinajstić information content (AvgIpc) is 1.60. The minimum Gasteiger partial charge on any atom is -0.390 e. The van der Waals surface area contributed by atoms with Crippen molar-refractivity contribution >= 4 is 27.7 Å². The average molecular weight is 1880 g/mol. The monoisotopic (exact) mass is 1870 g/mol. The SMILES string of the molecule is C.CC(C)(C)C(=O)N1CCN(C(C)(C)C)CC1.CC(C)(C)C(=O)NC1CCN(C(C)(C)C)CC1.CC(C)(C)CC1(O)CCN(C(C)(C)C)CC1.CC(C)(C)CC1CCCN(C(C)(C)C)C1.CC(C)(C)CC1CCN(C(C)(C)C)CC1.CC(C)(C)N1CCC2(CC1)C(=O)NCN2C(C)(C)C.CC(C)(C)N1CCN(S(=O)(=O)C(C)(C)C)CC1.CC1CN(C(C)(C)C)CCN1C(C)(C)C. The van der Waals surface area contributed by atoms with Crippen molar-refractivity contribution < 1.29 is 27.9 Å². The van der Waals surface area contributed by atoms with Gasteiger partial charge in [-0.2, -0.15) is 4.31 Å². The maximum Gasteiger partial charge on any atom is 0.241 e. The third-order valence-corrected chi connectivity index (χ3v) is 31.0. The third kappa shape index (κ3) is 44.7. The zero-order valence-electron chi connectivity index (χ0n) is 95.8. The fraction of sp³-hybridized carbons (Fsp3) is 0.973. The molecule has 20 nitrogen and oxygen atoms in total. The van der Waals surface area contributed by atoms with E-state index in [9.17, 15) is 27.9 Å². The van der Waals surface area contributed by atoms with E-state index in [1.54, 1.807) is 25.1 Å². The van der Waals surface area contributed by atoms with Crippen LogP contribution >= 0.6 is 0 Å². The summed E-state index contributed by atoms with van der Waals surface area (Å²) in [7, 11) is -3.16. The largest absolute Gasteiger partial charge is 0.390 e. The van der Waals surface area contributed by atoms with Crippen LogP contribution in [0.1, 0.15) is 430 Å². The Kier molecular flexibility index (Phi) is 47.0. The van der Waals surface area contributed by atoms with Gasteiger partial charge in [0, 0.05) is 196 Å². The zero-order valence-corrected chi connectivity index (χ0v) is 96.6. The highest BCUT2D eigenvalue weighted by molar-refractivity contribution is 7.90. The number of piperazine rings is 3. The maximum atomic E-state index is 12.4. The quantitative estimate of drug-likeness (QED) is 0.237. The van der Waals surface area contributed by atoms with E-state index in [4.69, 9.17) is 0 Å². The number of nitrogens with one attached hydrogen (secondary N) is 2. The first kappa shape index (κ1) is 127. The molecule has 1 spiro atoms. The molecular weight excluding hydrogens is 1650 g/mol. The lowest BCUT2D eigenvalue weighted by Crippen LogP contribution is -2.62. The van der Waals surface area contributed by atoms with Gasteiger partial charge in [-0.3, -0.25) is 63.4 Å². The predicted molar refractivity (Wildman–Crippen MR) is 569 cm³/mol. The summed E-state index contributed by atoms with van der Waals surface area (Å²) in [5.74, 6) is 2.56. The highest BCUT2D eigenvalue weighted by Crippen LogP contribution is 2.42. The molecule has 0 radical (unpaired) electrons. The van der Waals surface area contributed by atoms with Crippen molar-refractivity contribution in [3.05, 3.63) is 0 Å². The number of amides is 3. The Labute approximate surface area is 816 Å². The summed E-state index contributed by atoms with van der Waals surface area (Å²) >= 11 is 0. The number of carbonyl (C=O) groups excluding carboxylic acids is 3. The Hall–Kier alpha value is -2.12. The number of hydrogen-bond acceptors (Lipinski definition) is 16. The normalized spacial score (nSPS) is 23.1. The van der Waals surface area contributed by atoms with Gasteiger partial charge in [-0.25, -0.2) is 8.42 Å². The second-order valence-electron chi connectivity index (χ2n) is 57.7. The van der Waals surface area contributed by atoms with Crippen LogP contribution in [0.3, 0.4) is 0 Å². The van der Waals surface area contributed by atoms with Gasteiger partial charge in [0.15, 0.2) is 0 Å². The predicted octanol–water partition coefficient (Wildman–Crippen LogP) is 21.9. The lowest BCUT2D eigenvalue weighted by molar-refractivity contribution is -0.142. The molecule has 0 bridgehead atoms. The molecule has 0 aromatic rings. The fourth-order valence-electron chi connectivity index (χ4n) is 20.4. The first-order chi connectivity index (χ1) is 57.8. The van der Waals surface area contributed by atoms with Crippen LogP contribution in [0.5, 0.6) is 0 Å². The van der Waals surface area contributed by atoms with Crippen LogP contribution in [0.4, 0.5) is 0 Å². The second kappa shape index (κ2) is 48.6. The molecule has 9 heterocycles. The topological polar surface area (TPSA) is 169 Å². The van der Waals surface area contributed by atoms with Gasteiger partial charge in [0.05, 0.1) is 17.0 Å². The second-order valence-corrected chi connectivity index (χ2v) is 60.4. The molecular formula is C110H228N14O6S. The number of sulfonamides is 1. The summed E-state index contributed by atoms with van der Waals surface area (Å²) in [6, 6.07) is 1.03. The lowest BCUT2D eigenvalue weighted by atomic mass is 9.76. The van der Waals surface area contributed by atoms with Gasteiger partial charge >= 0.3 is 0 Å². The molecule has 3 amide bonds. The van der Waals surface area contributed by atoms with E-state index in [2.05, 4.69) is 337 Å². The third-order valence-electron chi connectivity index (χ3n) is 28.4. The summed E-state index contributed by atoms with van der Waals surface area (Å²) in [6.45, 7) is 131. The highest BCUT2D eigenvalue weighted by atomic mass is 32.2. The zero-order chi connectivity index (χ0) is 102. The molecule has 0 aromatic carbocycles. The number of nitrogens with zero attached hydrogens (tertiary/aromatic N) is 12. The standard InChI is InChI=1S/C15H29N3O.C14H28N2O.C14H29NO.2C14H29N.C13H26N2O.C13H28N2.C12H26N2O2S.CH4/c1-13(2,3)17-9-7-15(8-10-17)12(19)16-11-18(15)14(4,5)6;1-13(2,3)12(17)15-11-7-9-16(10-8-11)14(4,5)6;1-12(2,3)11-14(16)7-9-15(10-8-14)13(4,5)6;1-13(2,3)11-12-7-9-15(10-8-12)14(4,5)6;1-13(2,3)10-12-8-7-9-15(11-12)14(4,5)6;1-12(2,3)11(16)14-7-9-15(10-8-14)13(4,5)6;1-11-10-14(12(2,3)4)8-9-15(11)13(5,6)7;1-11(2,3)13-7-9-14(10-8-13)17(15,16)12(4,5)6;/h7-11H2,1-6H3,(H,16,19);11H,7-10H2,1-6H3,(H,15,17);16H,7-11H2,1-6H3;2*12H,7-11H2,1-6H3;7-10H2,1-6H3;11H,8-10H2,1-7H3;7-10H2,1-6H3;1H4. The summed E-state index contributed by atoms with van der Waals surface area (Å²) < 4.78 is 25.5. The van der Waals surface area contributed by atoms with Crippen LogP contribution in [0.15, 0.2) is 0 Å². The van der Waals surface area contributed by atoms with E-state index in [-0.39, 0.29) is 80.2 Å². The van der Waals surface area contributed by atoms with Crippen LogP contribution in [0.2, 0.25) is 0 Å².